The van der Waals surface area contributed by atoms with E-state index in [1.54, 1.807) is 0 Å². The average molecular weight is 282 g/mol. The fourth-order valence-electron chi connectivity index (χ4n) is 1.68. The maximum absolute atomic E-state index is 6.18. The number of hydrogen-bond donors (Lipinski definition) is 2. The Morgan fingerprint density at radius 1 is 1.50 bits per heavy atom. The number of rotatable bonds is 2. The zero-order valence-corrected chi connectivity index (χ0v) is 11.4. The Hall–Kier alpha value is -0.870. The van der Waals surface area contributed by atoms with Crippen LogP contribution >= 0.6 is 15.9 Å². The maximum Gasteiger partial charge on any atom is 0.127 e. The van der Waals surface area contributed by atoms with Crippen LogP contribution in [0, 0.1) is 6.92 Å². The SMILES string of the molecule is CCC(C)(N)c1nc2c(C)cc(Br)cc2[nH]1. The minimum absolute atomic E-state index is 0.391. The van der Waals surface area contributed by atoms with E-state index in [0.717, 1.165) is 33.3 Å². The standard InChI is InChI=1S/C12H16BrN3/c1-4-12(3,14)11-15-9-6-8(13)5-7(2)10(9)16-11/h5-6H,4,14H2,1-3H3,(H,15,16). The van der Waals surface area contributed by atoms with Crippen molar-refractivity contribution in [3.63, 3.8) is 0 Å². The first kappa shape index (κ1) is 11.6. The molecule has 3 N–H and O–H groups in total. The summed E-state index contributed by atoms with van der Waals surface area (Å²) < 4.78 is 1.06. The molecule has 1 atom stereocenters. The van der Waals surface area contributed by atoms with Crippen molar-refractivity contribution >= 4 is 27.0 Å². The molecule has 3 nitrogen and oxygen atoms in total. The summed E-state index contributed by atoms with van der Waals surface area (Å²) in [6, 6.07) is 4.09. The topological polar surface area (TPSA) is 54.7 Å². The van der Waals surface area contributed by atoms with Crippen LogP contribution in [0.15, 0.2) is 16.6 Å². The van der Waals surface area contributed by atoms with Crippen LogP contribution in [0.1, 0.15) is 31.7 Å². The third kappa shape index (κ3) is 1.87. The lowest BCUT2D eigenvalue weighted by atomic mass is 10.0. The van der Waals surface area contributed by atoms with Crippen molar-refractivity contribution in [3.8, 4) is 0 Å². The lowest BCUT2D eigenvalue weighted by molar-refractivity contribution is 0.451. The molecular weight excluding hydrogens is 266 g/mol. The van der Waals surface area contributed by atoms with Gasteiger partial charge in [-0.3, -0.25) is 0 Å². The molecule has 2 aromatic rings. The number of imidazole rings is 1. The van der Waals surface area contributed by atoms with Crippen LogP contribution in [0.5, 0.6) is 0 Å². The minimum Gasteiger partial charge on any atom is -0.340 e. The molecular formula is C12H16BrN3. The van der Waals surface area contributed by atoms with Crippen LogP contribution in [0.3, 0.4) is 0 Å². The van der Waals surface area contributed by atoms with Gasteiger partial charge in [-0.1, -0.05) is 22.9 Å². The predicted octanol–water partition coefficient (Wildman–Crippen LogP) is 3.22. The first-order valence-electron chi connectivity index (χ1n) is 5.39. The van der Waals surface area contributed by atoms with Crippen LogP contribution in [0.25, 0.3) is 11.0 Å². The molecule has 1 aromatic carbocycles. The van der Waals surface area contributed by atoms with Crippen molar-refractivity contribution in [2.75, 3.05) is 0 Å². The number of benzene rings is 1. The molecule has 0 saturated carbocycles. The van der Waals surface area contributed by atoms with Gasteiger partial charge >= 0.3 is 0 Å². The van der Waals surface area contributed by atoms with E-state index in [1.165, 1.54) is 0 Å². The van der Waals surface area contributed by atoms with Gasteiger partial charge in [0, 0.05) is 4.47 Å². The molecule has 0 bridgehead atoms. The van der Waals surface area contributed by atoms with E-state index in [4.69, 9.17) is 5.73 Å². The highest BCUT2D eigenvalue weighted by Gasteiger charge is 2.23. The number of nitrogens with one attached hydrogen (secondary N) is 1. The van der Waals surface area contributed by atoms with Crippen LogP contribution in [-0.2, 0) is 5.54 Å². The van der Waals surface area contributed by atoms with E-state index in [2.05, 4.69) is 45.8 Å². The number of aryl methyl sites for hydroxylation is 1. The highest BCUT2D eigenvalue weighted by molar-refractivity contribution is 9.10. The molecule has 0 fully saturated rings. The monoisotopic (exact) mass is 281 g/mol. The predicted molar refractivity (Wildman–Crippen MR) is 70.4 cm³/mol. The normalized spacial score (nSPS) is 15.3. The molecule has 4 heteroatoms. The third-order valence-electron chi connectivity index (χ3n) is 3.02. The highest BCUT2D eigenvalue weighted by Crippen LogP contribution is 2.26. The zero-order chi connectivity index (χ0) is 11.9. The molecule has 1 aromatic heterocycles. The largest absolute Gasteiger partial charge is 0.340 e. The molecule has 2 rings (SSSR count). The van der Waals surface area contributed by atoms with Gasteiger partial charge in [0.15, 0.2) is 0 Å². The second-order valence-electron chi connectivity index (χ2n) is 4.48. The Morgan fingerprint density at radius 3 is 2.81 bits per heavy atom. The van der Waals surface area contributed by atoms with E-state index >= 15 is 0 Å². The van der Waals surface area contributed by atoms with Crippen molar-refractivity contribution in [3.05, 3.63) is 28.0 Å². The van der Waals surface area contributed by atoms with Gasteiger partial charge in [-0.15, -0.1) is 0 Å². The van der Waals surface area contributed by atoms with Crippen LogP contribution < -0.4 is 5.73 Å². The van der Waals surface area contributed by atoms with E-state index in [9.17, 15) is 0 Å². The average Bonchev–Trinajstić information content (AvgIpc) is 2.62. The van der Waals surface area contributed by atoms with Crippen LogP contribution in [0.2, 0.25) is 0 Å². The van der Waals surface area contributed by atoms with Gasteiger partial charge in [0.1, 0.15) is 5.82 Å². The number of halogens is 1. The molecule has 1 unspecified atom stereocenters. The smallest absolute Gasteiger partial charge is 0.127 e. The molecule has 0 aliphatic rings. The molecule has 0 aliphatic carbocycles. The van der Waals surface area contributed by atoms with Gasteiger partial charge in [0.2, 0.25) is 0 Å². The Labute approximate surface area is 104 Å². The second-order valence-corrected chi connectivity index (χ2v) is 5.39. The number of H-pyrrole nitrogens is 1. The summed E-state index contributed by atoms with van der Waals surface area (Å²) in [5, 5.41) is 0. The van der Waals surface area contributed by atoms with E-state index in [0.29, 0.717) is 0 Å². The Balaban J connectivity index is 2.65. The highest BCUT2D eigenvalue weighted by atomic mass is 79.9. The van der Waals surface area contributed by atoms with Crippen molar-refractivity contribution in [2.45, 2.75) is 32.7 Å². The maximum atomic E-state index is 6.18. The van der Waals surface area contributed by atoms with Crippen LogP contribution in [-0.4, -0.2) is 9.97 Å². The van der Waals surface area contributed by atoms with Crippen molar-refractivity contribution in [2.24, 2.45) is 5.73 Å². The molecule has 0 saturated heterocycles. The quantitative estimate of drug-likeness (QED) is 0.888. The summed E-state index contributed by atoms with van der Waals surface area (Å²) in [5.74, 6) is 0.853. The first-order valence-corrected chi connectivity index (χ1v) is 6.18. The summed E-state index contributed by atoms with van der Waals surface area (Å²) in [4.78, 5) is 7.90. The zero-order valence-electron chi connectivity index (χ0n) is 9.76. The van der Waals surface area contributed by atoms with Gasteiger partial charge in [0.25, 0.3) is 0 Å². The summed E-state index contributed by atoms with van der Waals surface area (Å²) >= 11 is 3.48. The van der Waals surface area contributed by atoms with Crippen molar-refractivity contribution in [1.82, 2.24) is 9.97 Å². The van der Waals surface area contributed by atoms with E-state index in [1.807, 2.05) is 13.0 Å². The lowest BCUT2D eigenvalue weighted by Crippen LogP contribution is -2.33. The molecule has 0 radical (unpaired) electrons. The first-order chi connectivity index (χ1) is 7.44. The Kier molecular flexibility index (Phi) is 2.80. The molecule has 0 aliphatic heterocycles. The van der Waals surface area contributed by atoms with Gasteiger partial charge in [-0.25, -0.2) is 4.98 Å². The number of fused-ring (bicyclic) bond motifs is 1. The number of hydrogen-bond acceptors (Lipinski definition) is 2. The van der Waals surface area contributed by atoms with Crippen molar-refractivity contribution in [1.29, 1.82) is 0 Å². The molecule has 0 spiro atoms. The lowest BCUT2D eigenvalue weighted by Gasteiger charge is -2.19. The number of nitrogens with zero attached hydrogens (tertiary/aromatic N) is 1. The van der Waals surface area contributed by atoms with Crippen molar-refractivity contribution < 1.29 is 0 Å². The Morgan fingerprint density at radius 2 is 2.19 bits per heavy atom. The summed E-state index contributed by atoms with van der Waals surface area (Å²) in [7, 11) is 0. The molecule has 1 heterocycles. The number of aromatic amines is 1. The third-order valence-corrected chi connectivity index (χ3v) is 3.48. The van der Waals surface area contributed by atoms with Gasteiger partial charge in [0.05, 0.1) is 16.6 Å². The Bertz CT molecular complexity index is 528. The molecule has 86 valence electrons. The summed E-state index contributed by atoms with van der Waals surface area (Å²) in [6.45, 7) is 6.11. The summed E-state index contributed by atoms with van der Waals surface area (Å²) in [6.07, 6.45) is 0.854. The van der Waals surface area contributed by atoms with Gasteiger partial charge < -0.3 is 10.7 Å². The van der Waals surface area contributed by atoms with Crippen LogP contribution in [0.4, 0.5) is 0 Å². The second kappa shape index (κ2) is 3.86. The van der Waals surface area contributed by atoms with Gasteiger partial charge in [-0.2, -0.15) is 0 Å². The fourth-order valence-corrected chi connectivity index (χ4v) is 2.26. The summed E-state index contributed by atoms with van der Waals surface area (Å²) in [5.41, 5.74) is 8.98. The molecule has 16 heavy (non-hydrogen) atoms. The van der Waals surface area contributed by atoms with E-state index in [-0.39, 0.29) is 0 Å². The molecule has 0 amide bonds. The van der Waals surface area contributed by atoms with Gasteiger partial charge in [-0.05, 0) is 38.0 Å². The fraction of sp³-hybridized carbons (Fsp3) is 0.417. The number of nitrogens with two attached hydrogens (primary N) is 1. The van der Waals surface area contributed by atoms with E-state index < -0.39 is 5.54 Å². The number of aromatic nitrogens is 2. The minimum atomic E-state index is -0.391.